The number of carbonyl (C=O) groups is 1. The Morgan fingerprint density at radius 3 is 3.00 bits per heavy atom. The molecule has 1 aliphatic heterocycles. The maximum absolute atomic E-state index is 10.8. The minimum atomic E-state index is 0.196. The Hall–Kier alpha value is -2.60. The van der Waals surface area contributed by atoms with Crippen LogP contribution >= 0.6 is 11.3 Å². The third-order valence-corrected chi connectivity index (χ3v) is 4.40. The zero-order valence-corrected chi connectivity index (χ0v) is 14.0. The van der Waals surface area contributed by atoms with E-state index in [-0.39, 0.29) is 12.7 Å². The zero-order valence-electron chi connectivity index (χ0n) is 13.2. The predicted octanol–water partition coefficient (Wildman–Crippen LogP) is 3.93. The Labute approximate surface area is 144 Å². The number of ether oxygens (including phenoxy) is 3. The molecule has 1 aromatic heterocycles. The molecule has 6 heteroatoms. The third-order valence-electron chi connectivity index (χ3n) is 3.47. The van der Waals surface area contributed by atoms with Gasteiger partial charge in [-0.2, -0.15) is 0 Å². The summed E-state index contributed by atoms with van der Waals surface area (Å²) in [6, 6.07) is 9.48. The number of rotatable bonds is 6. The Morgan fingerprint density at radius 1 is 1.33 bits per heavy atom. The van der Waals surface area contributed by atoms with E-state index in [9.17, 15) is 4.79 Å². The maximum Gasteiger partial charge on any atom is 0.299 e. The Kier molecular flexibility index (Phi) is 5.28. The van der Waals surface area contributed by atoms with Crippen LogP contribution < -0.4 is 9.47 Å². The molecule has 0 saturated carbocycles. The van der Waals surface area contributed by atoms with Crippen molar-refractivity contribution in [3.63, 3.8) is 0 Å². The normalized spacial score (nSPS) is 13.9. The lowest BCUT2D eigenvalue weighted by atomic mass is 10.2. The fourth-order valence-corrected chi connectivity index (χ4v) is 3.04. The summed E-state index contributed by atoms with van der Waals surface area (Å²) in [4.78, 5) is 16.5. The first kappa shape index (κ1) is 16.3. The molecular weight excluding hydrogens is 326 g/mol. The van der Waals surface area contributed by atoms with Gasteiger partial charge in [0.1, 0.15) is 0 Å². The second-order valence-corrected chi connectivity index (χ2v) is 6.19. The van der Waals surface area contributed by atoms with Crippen LogP contribution in [0.3, 0.4) is 0 Å². The van der Waals surface area contributed by atoms with Crippen LogP contribution in [-0.4, -0.2) is 19.2 Å². The largest absolute Gasteiger partial charge is 0.454 e. The second kappa shape index (κ2) is 7.79. The molecule has 3 rings (SSSR count). The molecule has 2 aromatic rings. The van der Waals surface area contributed by atoms with Crippen LogP contribution in [0.15, 0.2) is 52.5 Å². The molecule has 0 saturated heterocycles. The van der Waals surface area contributed by atoms with Gasteiger partial charge >= 0.3 is 0 Å². The fraction of sp³-hybridized carbons (Fsp3) is 0.222. The Balaban J connectivity index is 1.73. The maximum atomic E-state index is 10.8. The van der Waals surface area contributed by atoms with E-state index >= 15 is 0 Å². The smallest absolute Gasteiger partial charge is 0.299 e. The summed E-state index contributed by atoms with van der Waals surface area (Å²) in [5, 5.41) is 2.07. The summed E-state index contributed by atoms with van der Waals surface area (Å²) in [6.07, 6.45) is 3.88. The second-order valence-electron chi connectivity index (χ2n) is 5.16. The number of aliphatic imine (C=N–C) groups is 1. The topological polar surface area (TPSA) is 57.1 Å². The molecular formula is C18H17NO4S. The van der Waals surface area contributed by atoms with Crippen LogP contribution in [0, 0.1) is 0 Å². The minimum absolute atomic E-state index is 0.196. The van der Waals surface area contributed by atoms with Crippen LogP contribution in [0.4, 0.5) is 0 Å². The highest BCUT2D eigenvalue weighted by molar-refractivity contribution is 7.09. The summed E-state index contributed by atoms with van der Waals surface area (Å²) < 4.78 is 15.7. The van der Waals surface area contributed by atoms with Crippen LogP contribution in [0.1, 0.15) is 23.8 Å². The van der Waals surface area contributed by atoms with Crippen LogP contribution in [0.2, 0.25) is 0 Å². The summed E-state index contributed by atoms with van der Waals surface area (Å²) in [5.74, 6) is 1.54. The van der Waals surface area contributed by atoms with Crippen molar-refractivity contribution in [2.45, 2.75) is 19.8 Å². The Bertz CT molecular complexity index is 765. The van der Waals surface area contributed by atoms with Gasteiger partial charge in [0.25, 0.3) is 6.47 Å². The molecule has 0 aliphatic carbocycles. The molecule has 0 unspecified atom stereocenters. The molecule has 1 aliphatic rings. The summed E-state index contributed by atoms with van der Waals surface area (Å²) >= 11 is 1.74. The van der Waals surface area contributed by atoms with Gasteiger partial charge in [0.2, 0.25) is 12.7 Å². The van der Waals surface area contributed by atoms with Gasteiger partial charge in [-0.15, -0.1) is 11.3 Å². The molecule has 0 atom stereocenters. The van der Waals surface area contributed by atoms with Crippen molar-refractivity contribution in [2.24, 2.45) is 4.99 Å². The van der Waals surface area contributed by atoms with Crippen LogP contribution in [0.5, 0.6) is 11.5 Å². The van der Waals surface area contributed by atoms with Gasteiger partial charge < -0.3 is 14.2 Å². The highest BCUT2D eigenvalue weighted by Crippen LogP contribution is 2.32. The molecule has 0 bridgehead atoms. The molecule has 124 valence electrons. The quantitative estimate of drug-likeness (QED) is 0.453. The van der Waals surface area contributed by atoms with E-state index < -0.39 is 0 Å². The lowest BCUT2D eigenvalue weighted by molar-refractivity contribution is -0.121. The number of carbonyl (C=O) groups excluding carboxylic acids is 1. The third kappa shape index (κ3) is 4.02. The van der Waals surface area contributed by atoms with Gasteiger partial charge in [0.15, 0.2) is 11.5 Å². The van der Waals surface area contributed by atoms with Crippen molar-refractivity contribution in [1.82, 2.24) is 0 Å². The average molecular weight is 343 g/mol. The van der Waals surface area contributed by atoms with Gasteiger partial charge in [-0.05, 0) is 49.4 Å². The fourth-order valence-electron chi connectivity index (χ4n) is 2.32. The zero-order chi connectivity index (χ0) is 16.8. The van der Waals surface area contributed by atoms with Crippen LogP contribution in [0.25, 0.3) is 0 Å². The summed E-state index contributed by atoms with van der Waals surface area (Å²) in [5.41, 5.74) is 1.46. The van der Waals surface area contributed by atoms with Crippen LogP contribution in [-0.2, 0) is 16.0 Å². The van der Waals surface area contributed by atoms with Gasteiger partial charge in [-0.25, -0.2) is 4.99 Å². The van der Waals surface area contributed by atoms with E-state index in [4.69, 9.17) is 14.2 Å². The number of thiophene rings is 1. The first-order valence-corrected chi connectivity index (χ1v) is 8.42. The van der Waals surface area contributed by atoms with Crippen molar-refractivity contribution >= 4 is 23.7 Å². The van der Waals surface area contributed by atoms with Crippen molar-refractivity contribution < 1.29 is 19.0 Å². The first-order chi connectivity index (χ1) is 11.8. The standard InChI is InChI=1S/C18H17NO4S/c1-13(4-2-5-15-6-3-9-24-15)19-18(21-11-20)14-7-8-16-17(10-14)23-12-22-16/h3-4,6-11H,2,5,12H2,1H3/b13-4+,19-18-. The lowest BCUT2D eigenvalue weighted by Crippen LogP contribution is -2.06. The number of allylic oxidation sites excluding steroid dienone is 2. The van der Waals surface area contributed by atoms with E-state index in [0.29, 0.717) is 23.5 Å². The van der Waals surface area contributed by atoms with Gasteiger partial charge in [0.05, 0.1) is 0 Å². The number of benzene rings is 1. The van der Waals surface area contributed by atoms with Crippen molar-refractivity contribution in [1.29, 1.82) is 0 Å². The number of nitrogens with zero attached hydrogens (tertiary/aromatic N) is 1. The van der Waals surface area contributed by atoms with E-state index in [1.54, 1.807) is 29.5 Å². The monoisotopic (exact) mass is 343 g/mol. The Morgan fingerprint density at radius 2 is 2.21 bits per heavy atom. The number of fused-ring (bicyclic) bond motifs is 1. The summed E-state index contributed by atoms with van der Waals surface area (Å²) in [7, 11) is 0. The van der Waals surface area contributed by atoms with Crippen molar-refractivity contribution in [2.75, 3.05) is 6.79 Å². The molecule has 0 fully saturated rings. The molecule has 0 radical (unpaired) electrons. The highest BCUT2D eigenvalue weighted by atomic mass is 32.1. The summed E-state index contributed by atoms with van der Waals surface area (Å²) in [6.45, 7) is 2.46. The molecule has 5 nitrogen and oxygen atoms in total. The number of hydrogen-bond donors (Lipinski definition) is 0. The predicted molar refractivity (Wildman–Crippen MR) is 92.6 cm³/mol. The molecule has 1 aromatic carbocycles. The number of hydrogen-bond acceptors (Lipinski definition) is 6. The van der Waals surface area contributed by atoms with E-state index in [2.05, 4.69) is 16.4 Å². The average Bonchev–Trinajstić information content (AvgIpc) is 3.25. The molecule has 0 amide bonds. The molecule has 0 spiro atoms. The van der Waals surface area contributed by atoms with Crippen molar-refractivity contribution in [3.05, 3.63) is 57.9 Å². The minimum Gasteiger partial charge on any atom is -0.454 e. The first-order valence-electron chi connectivity index (χ1n) is 7.54. The van der Waals surface area contributed by atoms with Gasteiger partial charge in [0, 0.05) is 16.1 Å². The highest BCUT2D eigenvalue weighted by Gasteiger charge is 2.16. The van der Waals surface area contributed by atoms with Gasteiger partial charge in [-0.3, -0.25) is 4.79 Å². The van der Waals surface area contributed by atoms with Gasteiger partial charge in [-0.1, -0.05) is 12.1 Å². The molecule has 24 heavy (non-hydrogen) atoms. The van der Waals surface area contributed by atoms with E-state index in [1.165, 1.54) is 4.88 Å². The van der Waals surface area contributed by atoms with E-state index in [1.807, 2.05) is 19.1 Å². The molecule has 2 heterocycles. The van der Waals surface area contributed by atoms with Crippen molar-refractivity contribution in [3.8, 4) is 11.5 Å². The lowest BCUT2D eigenvalue weighted by Gasteiger charge is -2.05. The SMILES string of the molecule is CC(=C\CCc1cccs1)/N=C(\OC=O)c1ccc2c(c1)OCO2. The van der Waals surface area contributed by atoms with E-state index in [0.717, 1.165) is 18.5 Å². The number of aryl methyl sites for hydroxylation is 1. The molecule has 0 N–H and O–H groups in total.